The standard InChI is InChI=1S/C34H34ClN3O7S/c1-23-13-15-30(44-3)32(19-23)46(41,42)38(25-14-16-28(43-2)26(35)20-25)22-33(39)37-21-31(45-29-12-8-7-11-27(29)37)34(40)36-18-17-24-9-5-4-6-10-24/h4-16,19-20,31H,17-18,21-22H2,1-3H3,(H,36,40)/t31-/m1/s1. The van der Waals surface area contributed by atoms with Gasteiger partial charge in [-0.1, -0.05) is 60.1 Å². The van der Waals surface area contributed by atoms with Crippen LogP contribution in [0.3, 0.4) is 0 Å². The Balaban J connectivity index is 1.46. The molecule has 0 saturated heterocycles. The normalized spacial score (nSPS) is 14.1. The molecule has 1 aliphatic heterocycles. The van der Waals surface area contributed by atoms with Crippen LogP contribution in [0.2, 0.25) is 5.02 Å². The third-order valence-electron chi connectivity index (χ3n) is 7.51. The summed E-state index contributed by atoms with van der Waals surface area (Å²) in [6.07, 6.45) is -0.398. The van der Waals surface area contributed by atoms with Crippen molar-refractivity contribution in [2.75, 3.05) is 43.1 Å². The van der Waals surface area contributed by atoms with Crippen LogP contribution in [0, 0.1) is 6.92 Å². The van der Waals surface area contributed by atoms with Crippen LogP contribution in [0.4, 0.5) is 11.4 Å². The Hall–Kier alpha value is -4.74. The van der Waals surface area contributed by atoms with Crippen molar-refractivity contribution in [3.63, 3.8) is 0 Å². The Morgan fingerprint density at radius 3 is 2.37 bits per heavy atom. The lowest BCUT2D eigenvalue weighted by atomic mass is 10.1. The molecule has 5 rings (SSSR count). The topological polar surface area (TPSA) is 114 Å². The molecule has 0 unspecified atom stereocenters. The minimum atomic E-state index is -4.38. The van der Waals surface area contributed by atoms with E-state index < -0.39 is 28.6 Å². The average molecular weight is 664 g/mol. The van der Waals surface area contributed by atoms with Crippen molar-refractivity contribution in [2.24, 2.45) is 0 Å². The molecule has 0 spiro atoms. The second-order valence-electron chi connectivity index (χ2n) is 10.6. The van der Waals surface area contributed by atoms with E-state index in [0.29, 0.717) is 35.7 Å². The molecule has 0 bridgehead atoms. The molecular weight excluding hydrogens is 630 g/mol. The van der Waals surface area contributed by atoms with Gasteiger partial charge in [-0.3, -0.25) is 13.9 Å². The number of nitrogens with one attached hydrogen (secondary N) is 1. The number of carbonyl (C=O) groups excluding carboxylic acids is 2. The molecule has 1 heterocycles. The third kappa shape index (κ3) is 7.05. The average Bonchev–Trinajstić information content (AvgIpc) is 3.06. The summed E-state index contributed by atoms with van der Waals surface area (Å²) in [5.74, 6) is -0.191. The van der Waals surface area contributed by atoms with E-state index in [-0.39, 0.29) is 33.8 Å². The fourth-order valence-corrected chi connectivity index (χ4v) is 7.03. The van der Waals surface area contributed by atoms with Gasteiger partial charge in [-0.15, -0.1) is 0 Å². The lowest BCUT2D eigenvalue weighted by molar-refractivity contribution is -0.128. The van der Waals surface area contributed by atoms with E-state index in [1.807, 2.05) is 30.3 Å². The molecule has 0 radical (unpaired) electrons. The summed E-state index contributed by atoms with van der Waals surface area (Å²) in [6.45, 7) is 1.39. The number of anilines is 2. The predicted molar refractivity (Wildman–Crippen MR) is 177 cm³/mol. The molecule has 4 aromatic rings. The maximum atomic E-state index is 14.3. The highest BCUT2D eigenvalue weighted by Gasteiger charge is 2.37. The number of rotatable bonds is 11. The minimum Gasteiger partial charge on any atom is -0.495 e. The summed E-state index contributed by atoms with van der Waals surface area (Å²) >= 11 is 6.41. The number of ether oxygens (including phenoxy) is 3. The van der Waals surface area contributed by atoms with Gasteiger partial charge in [0.2, 0.25) is 5.91 Å². The number of sulfonamides is 1. The summed E-state index contributed by atoms with van der Waals surface area (Å²) in [4.78, 5) is 28.7. The van der Waals surface area contributed by atoms with Crippen molar-refractivity contribution in [1.29, 1.82) is 0 Å². The fourth-order valence-electron chi connectivity index (χ4n) is 5.13. The van der Waals surface area contributed by atoms with Crippen molar-refractivity contribution in [2.45, 2.75) is 24.3 Å². The molecule has 1 atom stereocenters. The molecule has 1 N–H and O–H groups in total. The van der Waals surface area contributed by atoms with E-state index in [1.165, 1.54) is 43.4 Å². The Morgan fingerprint density at radius 2 is 1.65 bits per heavy atom. The van der Waals surface area contributed by atoms with E-state index in [4.69, 9.17) is 25.8 Å². The van der Waals surface area contributed by atoms with Gasteiger partial charge >= 0.3 is 0 Å². The highest BCUT2D eigenvalue weighted by Crippen LogP contribution is 2.37. The Labute approximate surface area is 273 Å². The summed E-state index contributed by atoms with van der Waals surface area (Å²) in [5.41, 5.74) is 2.31. The van der Waals surface area contributed by atoms with E-state index in [2.05, 4.69) is 5.32 Å². The summed E-state index contributed by atoms with van der Waals surface area (Å²) in [6, 6.07) is 25.8. The maximum Gasteiger partial charge on any atom is 0.268 e. The van der Waals surface area contributed by atoms with Crippen molar-refractivity contribution in [3.05, 3.63) is 107 Å². The van der Waals surface area contributed by atoms with Crippen molar-refractivity contribution in [1.82, 2.24) is 5.32 Å². The molecule has 2 amide bonds. The van der Waals surface area contributed by atoms with Gasteiger partial charge in [0, 0.05) is 6.54 Å². The van der Waals surface area contributed by atoms with Gasteiger partial charge in [0.25, 0.3) is 15.9 Å². The summed E-state index contributed by atoms with van der Waals surface area (Å²) in [5, 5.41) is 3.05. The molecule has 1 aliphatic rings. The number of amides is 2. The first kappa shape index (κ1) is 32.6. The second-order valence-corrected chi connectivity index (χ2v) is 12.8. The van der Waals surface area contributed by atoms with E-state index in [0.717, 1.165) is 9.87 Å². The molecule has 46 heavy (non-hydrogen) atoms. The number of fused-ring (bicyclic) bond motifs is 1. The van der Waals surface area contributed by atoms with Gasteiger partial charge in [0.1, 0.15) is 28.7 Å². The Bertz CT molecular complexity index is 1840. The van der Waals surface area contributed by atoms with Crippen LogP contribution in [0.5, 0.6) is 17.2 Å². The van der Waals surface area contributed by atoms with E-state index in [9.17, 15) is 18.0 Å². The number of aryl methyl sites for hydroxylation is 1. The van der Waals surface area contributed by atoms with Crippen LogP contribution in [0.25, 0.3) is 0 Å². The molecule has 4 aromatic carbocycles. The summed E-state index contributed by atoms with van der Waals surface area (Å²) < 4.78 is 46.3. The van der Waals surface area contributed by atoms with Gasteiger partial charge in [-0.25, -0.2) is 8.42 Å². The SMILES string of the molecule is COc1ccc(N(CC(=O)N2C[C@H](C(=O)NCCc3ccccc3)Oc3ccccc32)S(=O)(=O)c2cc(C)ccc2OC)cc1Cl. The van der Waals surface area contributed by atoms with Crippen LogP contribution in [0.1, 0.15) is 11.1 Å². The first-order chi connectivity index (χ1) is 22.1. The second kappa shape index (κ2) is 14.1. The molecule has 0 aromatic heterocycles. The number of benzene rings is 4. The lowest BCUT2D eigenvalue weighted by Gasteiger charge is -2.35. The molecule has 0 fully saturated rings. The van der Waals surface area contributed by atoms with Crippen molar-refractivity contribution < 1.29 is 32.2 Å². The number of methoxy groups -OCH3 is 2. The molecule has 240 valence electrons. The molecular formula is C34H34ClN3O7S. The quantitative estimate of drug-likeness (QED) is 0.240. The Morgan fingerprint density at radius 1 is 0.957 bits per heavy atom. The number of carbonyl (C=O) groups is 2. The zero-order chi connectivity index (χ0) is 32.8. The lowest BCUT2D eigenvalue weighted by Crippen LogP contribution is -2.53. The van der Waals surface area contributed by atoms with Crippen LogP contribution in [-0.4, -0.2) is 60.2 Å². The highest BCUT2D eigenvalue weighted by molar-refractivity contribution is 7.93. The molecule has 10 nitrogen and oxygen atoms in total. The van der Waals surface area contributed by atoms with Gasteiger partial charge in [-0.2, -0.15) is 0 Å². The largest absolute Gasteiger partial charge is 0.495 e. The zero-order valence-corrected chi connectivity index (χ0v) is 27.2. The van der Waals surface area contributed by atoms with Crippen LogP contribution < -0.4 is 28.7 Å². The summed E-state index contributed by atoms with van der Waals surface area (Å²) in [7, 11) is -1.56. The molecule has 0 saturated carbocycles. The molecule has 12 heteroatoms. The van der Waals surface area contributed by atoms with E-state index in [1.54, 1.807) is 43.3 Å². The van der Waals surface area contributed by atoms with Crippen molar-refractivity contribution in [3.8, 4) is 17.2 Å². The third-order valence-corrected chi connectivity index (χ3v) is 9.60. The first-order valence-electron chi connectivity index (χ1n) is 14.5. The highest BCUT2D eigenvalue weighted by atomic mass is 35.5. The van der Waals surface area contributed by atoms with Gasteiger partial charge < -0.3 is 24.4 Å². The number of hydrogen-bond acceptors (Lipinski definition) is 7. The van der Waals surface area contributed by atoms with Gasteiger partial charge in [0.15, 0.2) is 6.10 Å². The number of nitrogens with zero attached hydrogens (tertiary/aromatic N) is 2. The Kier molecular flexibility index (Phi) is 10.0. The molecule has 0 aliphatic carbocycles. The first-order valence-corrected chi connectivity index (χ1v) is 16.3. The van der Waals surface area contributed by atoms with Gasteiger partial charge in [0.05, 0.1) is 37.2 Å². The minimum absolute atomic E-state index is 0.117. The van der Waals surface area contributed by atoms with Crippen molar-refractivity contribution >= 4 is 44.8 Å². The van der Waals surface area contributed by atoms with Crippen LogP contribution >= 0.6 is 11.6 Å². The van der Waals surface area contributed by atoms with Crippen LogP contribution in [-0.2, 0) is 26.0 Å². The monoisotopic (exact) mass is 663 g/mol. The maximum absolute atomic E-state index is 14.3. The number of para-hydroxylation sites is 2. The smallest absolute Gasteiger partial charge is 0.268 e. The zero-order valence-electron chi connectivity index (χ0n) is 25.6. The van der Waals surface area contributed by atoms with Gasteiger partial charge in [-0.05, 0) is 66.9 Å². The van der Waals surface area contributed by atoms with Crippen LogP contribution in [0.15, 0.2) is 95.9 Å². The van der Waals surface area contributed by atoms with E-state index >= 15 is 0 Å². The fraction of sp³-hybridized carbons (Fsp3) is 0.235. The predicted octanol–water partition coefficient (Wildman–Crippen LogP) is 5.01. The number of halogens is 1. The number of hydrogen-bond donors (Lipinski definition) is 1.